The van der Waals surface area contributed by atoms with E-state index < -0.39 is 0 Å². The van der Waals surface area contributed by atoms with Gasteiger partial charge >= 0.3 is 0 Å². The minimum absolute atomic E-state index is 0.0740. The summed E-state index contributed by atoms with van der Waals surface area (Å²) in [5.41, 5.74) is 7.29. The average molecular weight is 203 g/mol. The molecule has 4 heteroatoms. The highest BCUT2D eigenvalue weighted by molar-refractivity contribution is 5.78. The van der Waals surface area contributed by atoms with E-state index in [0.29, 0.717) is 16.7 Å². The number of hydrogen-bond acceptors (Lipinski definition) is 3. The maximum absolute atomic E-state index is 11.6. The van der Waals surface area contributed by atoms with Gasteiger partial charge in [-0.15, -0.1) is 0 Å². The molecule has 2 rings (SSSR count). The third-order valence-electron chi connectivity index (χ3n) is 2.37. The molecular weight excluding hydrogens is 190 g/mol. The number of nitrogens with zero attached hydrogens (tertiary/aromatic N) is 1. The molecule has 1 aromatic heterocycles. The van der Waals surface area contributed by atoms with Crippen LogP contribution in [0.5, 0.6) is 0 Å². The van der Waals surface area contributed by atoms with E-state index in [1.807, 2.05) is 19.1 Å². The fraction of sp³-hybridized carbons (Fsp3) is 0.273. The van der Waals surface area contributed by atoms with Crippen molar-refractivity contribution in [1.29, 1.82) is 0 Å². The fourth-order valence-electron chi connectivity index (χ4n) is 1.56. The van der Waals surface area contributed by atoms with E-state index in [9.17, 15) is 4.79 Å². The van der Waals surface area contributed by atoms with Gasteiger partial charge in [0, 0.05) is 6.04 Å². The molecule has 1 atom stereocenters. The van der Waals surface area contributed by atoms with Crippen molar-refractivity contribution in [2.24, 2.45) is 5.73 Å². The summed E-state index contributed by atoms with van der Waals surface area (Å²) >= 11 is 0. The summed E-state index contributed by atoms with van der Waals surface area (Å²) in [6, 6.07) is 5.45. The van der Waals surface area contributed by atoms with Crippen LogP contribution in [0, 0.1) is 6.92 Å². The second-order valence-corrected chi connectivity index (χ2v) is 3.72. The van der Waals surface area contributed by atoms with Crippen LogP contribution in [0.15, 0.2) is 23.0 Å². The molecule has 0 spiro atoms. The Balaban J connectivity index is 2.77. The highest BCUT2D eigenvalue weighted by atomic mass is 16.1. The van der Waals surface area contributed by atoms with E-state index in [0.717, 1.165) is 5.56 Å². The predicted molar refractivity (Wildman–Crippen MR) is 59.7 cm³/mol. The Morgan fingerprint density at radius 1 is 1.47 bits per heavy atom. The maximum Gasteiger partial charge on any atom is 0.258 e. The quantitative estimate of drug-likeness (QED) is 0.732. The number of nitrogens with one attached hydrogen (secondary N) is 1. The predicted octanol–water partition coefficient (Wildman–Crippen LogP) is 1.25. The lowest BCUT2D eigenvalue weighted by Gasteiger charge is -2.06. The first-order chi connectivity index (χ1) is 7.08. The Bertz CT molecular complexity index is 557. The monoisotopic (exact) mass is 203 g/mol. The number of fused-ring (bicyclic) bond motifs is 1. The second-order valence-electron chi connectivity index (χ2n) is 3.72. The molecule has 2 aromatic rings. The Labute approximate surface area is 87.1 Å². The Kier molecular flexibility index (Phi) is 2.28. The van der Waals surface area contributed by atoms with Crippen LogP contribution in [0.2, 0.25) is 0 Å². The van der Waals surface area contributed by atoms with Crippen LogP contribution in [0.25, 0.3) is 10.9 Å². The van der Waals surface area contributed by atoms with Crippen LogP contribution in [0.1, 0.15) is 24.4 Å². The molecule has 15 heavy (non-hydrogen) atoms. The summed E-state index contributed by atoms with van der Waals surface area (Å²) in [5, 5.41) is 0.593. The molecule has 0 aliphatic rings. The van der Waals surface area contributed by atoms with Crippen molar-refractivity contribution in [2.45, 2.75) is 19.9 Å². The summed E-state index contributed by atoms with van der Waals surface area (Å²) < 4.78 is 0. The Hall–Kier alpha value is -1.68. The van der Waals surface area contributed by atoms with Crippen LogP contribution in [-0.2, 0) is 0 Å². The zero-order chi connectivity index (χ0) is 11.0. The molecule has 0 aliphatic carbocycles. The fourth-order valence-corrected chi connectivity index (χ4v) is 1.56. The molecule has 4 nitrogen and oxygen atoms in total. The van der Waals surface area contributed by atoms with Crippen molar-refractivity contribution >= 4 is 10.9 Å². The molecule has 0 saturated heterocycles. The van der Waals surface area contributed by atoms with Crippen molar-refractivity contribution < 1.29 is 0 Å². The number of hydrogen-bond donors (Lipinski definition) is 2. The molecule has 0 fully saturated rings. The number of aryl methyl sites for hydroxylation is 1. The molecule has 0 bridgehead atoms. The van der Waals surface area contributed by atoms with Crippen LogP contribution >= 0.6 is 0 Å². The van der Waals surface area contributed by atoms with Gasteiger partial charge < -0.3 is 10.7 Å². The molecule has 0 amide bonds. The largest absolute Gasteiger partial charge is 0.324 e. The van der Waals surface area contributed by atoms with E-state index in [1.165, 1.54) is 0 Å². The first-order valence-corrected chi connectivity index (χ1v) is 4.84. The molecule has 1 aromatic carbocycles. The molecule has 1 heterocycles. The van der Waals surface area contributed by atoms with Gasteiger partial charge in [-0.3, -0.25) is 4.79 Å². The van der Waals surface area contributed by atoms with Gasteiger partial charge in [0.25, 0.3) is 5.56 Å². The lowest BCUT2D eigenvalue weighted by molar-refractivity contribution is 0.819. The first kappa shape index (κ1) is 9.86. The number of aromatic amines is 1. The molecule has 78 valence electrons. The van der Waals surface area contributed by atoms with Crippen molar-refractivity contribution in [3.63, 3.8) is 0 Å². The summed E-state index contributed by atoms with van der Waals surface area (Å²) in [7, 11) is 0. The second kappa shape index (κ2) is 3.47. The summed E-state index contributed by atoms with van der Waals surface area (Å²) in [6.07, 6.45) is 0. The van der Waals surface area contributed by atoms with Crippen LogP contribution in [0.3, 0.4) is 0 Å². The molecule has 0 saturated carbocycles. The van der Waals surface area contributed by atoms with Gasteiger partial charge in [-0.1, -0.05) is 6.07 Å². The smallest absolute Gasteiger partial charge is 0.258 e. The van der Waals surface area contributed by atoms with Crippen LogP contribution < -0.4 is 11.3 Å². The topological polar surface area (TPSA) is 71.8 Å². The number of nitrogens with two attached hydrogens (primary N) is 1. The van der Waals surface area contributed by atoms with Gasteiger partial charge in [-0.05, 0) is 31.5 Å². The highest BCUT2D eigenvalue weighted by Gasteiger charge is 2.05. The van der Waals surface area contributed by atoms with Gasteiger partial charge in [-0.2, -0.15) is 0 Å². The molecule has 0 radical (unpaired) electrons. The van der Waals surface area contributed by atoms with E-state index in [2.05, 4.69) is 9.97 Å². The summed E-state index contributed by atoms with van der Waals surface area (Å²) in [5.74, 6) is 0.626. The van der Waals surface area contributed by atoms with Crippen LogP contribution in [-0.4, -0.2) is 9.97 Å². The van der Waals surface area contributed by atoms with E-state index in [-0.39, 0.29) is 11.6 Å². The molecule has 3 N–H and O–H groups in total. The van der Waals surface area contributed by atoms with Gasteiger partial charge in [0.05, 0.1) is 10.9 Å². The SMILES string of the molecule is Cc1nc2ccc(C(C)N)cc2c(=O)[nH]1. The number of aromatic nitrogens is 2. The van der Waals surface area contributed by atoms with Crippen molar-refractivity contribution in [2.75, 3.05) is 0 Å². The minimum atomic E-state index is -0.111. The minimum Gasteiger partial charge on any atom is -0.324 e. The van der Waals surface area contributed by atoms with E-state index in [1.54, 1.807) is 13.0 Å². The Morgan fingerprint density at radius 3 is 2.87 bits per heavy atom. The molecule has 1 unspecified atom stereocenters. The molecular formula is C11H13N3O. The molecule has 0 aliphatic heterocycles. The average Bonchev–Trinajstić information content (AvgIpc) is 2.16. The van der Waals surface area contributed by atoms with Gasteiger partial charge in [0.15, 0.2) is 0 Å². The van der Waals surface area contributed by atoms with Gasteiger partial charge in [0.2, 0.25) is 0 Å². The van der Waals surface area contributed by atoms with E-state index >= 15 is 0 Å². The van der Waals surface area contributed by atoms with Gasteiger partial charge in [0.1, 0.15) is 5.82 Å². The summed E-state index contributed by atoms with van der Waals surface area (Å²) in [4.78, 5) is 18.6. The standard InChI is InChI=1S/C11H13N3O/c1-6(12)8-3-4-10-9(5-8)11(15)14-7(2)13-10/h3-6H,12H2,1-2H3,(H,13,14,15). The number of benzene rings is 1. The summed E-state index contributed by atoms with van der Waals surface area (Å²) in [6.45, 7) is 3.65. The highest BCUT2D eigenvalue weighted by Crippen LogP contribution is 2.14. The third kappa shape index (κ3) is 1.76. The zero-order valence-electron chi connectivity index (χ0n) is 8.74. The number of H-pyrrole nitrogens is 1. The lowest BCUT2D eigenvalue weighted by Crippen LogP contribution is -2.11. The third-order valence-corrected chi connectivity index (χ3v) is 2.37. The van der Waals surface area contributed by atoms with E-state index in [4.69, 9.17) is 5.73 Å². The number of rotatable bonds is 1. The van der Waals surface area contributed by atoms with Crippen molar-refractivity contribution in [1.82, 2.24) is 9.97 Å². The maximum atomic E-state index is 11.6. The zero-order valence-corrected chi connectivity index (χ0v) is 8.74. The lowest BCUT2D eigenvalue weighted by atomic mass is 10.1. The normalized spacial score (nSPS) is 13.0. The van der Waals surface area contributed by atoms with Crippen LogP contribution in [0.4, 0.5) is 0 Å². The van der Waals surface area contributed by atoms with Crippen molar-refractivity contribution in [3.05, 3.63) is 39.9 Å². The van der Waals surface area contributed by atoms with Crippen molar-refractivity contribution in [3.8, 4) is 0 Å². The van der Waals surface area contributed by atoms with Gasteiger partial charge in [-0.25, -0.2) is 4.98 Å². The first-order valence-electron chi connectivity index (χ1n) is 4.84. The Morgan fingerprint density at radius 2 is 2.20 bits per heavy atom.